The van der Waals surface area contributed by atoms with Gasteiger partial charge in [0.15, 0.2) is 5.16 Å². The number of rotatable bonds is 7. The lowest BCUT2D eigenvalue weighted by atomic mass is 10.1. The van der Waals surface area contributed by atoms with E-state index < -0.39 is 10.0 Å². The average molecular weight is 406 g/mol. The molecule has 0 saturated carbocycles. The maximum absolute atomic E-state index is 11.6. The van der Waals surface area contributed by atoms with Crippen molar-refractivity contribution in [2.24, 2.45) is 5.14 Å². The molecule has 0 fully saturated rings. The van der Waals surface area contributed by atoms with Gasteiger partial charge in [-0.3, -0.25) is 0 Å². The maximum atomic E-state index is 11.6. The summed E-state index contributed by atoms with van der Waals surface area (Å²) in [5.41, 5.74) is 2.68. The predicted octanol–water partition coefficient (Wildman–Crippen LogP) is 3.96. The zero-order chi connectivity index (χ0) is 19.6. The van der Waals surface area contributed by atoms with E-state index in [1.807, 2.05) is 18.2 Å². The maximum Gasteiger partial charge on any atom is 0.238 e. The van der Waals surface area contributed by atoms with Crippen LogP contribution in [0.3, 0.4) is 0 Å². The summed E-state index contributed by atoms with van der Waals surface area (Å²) in [6, 6.07) is 12.8. The number of nitrogens with two attached hydrogens (primary N) is 1. The van der Waals surface area contributed by atoms with Crippen molar-refractivity contribution >= 4 is 32.8 Å². The van der Waals surface area contributed by atoms with Gasteiger partial charge in [0.25, 0.3) is 0 Å². The van der Waals surface area contributed by atoms with Crippen molar-refractivity contribution in [2.75, 3.05) is 7.11 Å². The molecule has 0 aliphatic heterocycles. The second kappa shape index (κ2) is 7.92. The van der Waals surface area contributed by atoms with Gasteiger partial charge in [0.2, 0.25) is 10.0 Å². The summed E-state index contributed by atoms with van der Waals surface area (Å²) in [5, 5.41) is 6.27. The number of aryl methyl sites for hydroxylation is 1. The molecule has 3 rings (SSSR count). The first-order valence-corrected chi connectivity index (χ1v) is 11.1. The fourth-order valence-corrected chi connectivity index (χ4v) is 4.52. The molecule has 1 heterocycles. The number of nitrogens with zero attached hydrogens (tertiary/aromatic N) is 2. The molecule has 0 radical (unpaired) electrons. The van der Waals surface area contributed by atoms with E-state index in [0.717, 1.165) is 35.0 Å². The average Bonchev–Trinajstić information content (AvgIpc) is 2.98. The van der Waals surface area contributed by atoms with Gasteiger partial charge in [0.1, 0.15) is 5.75 Å². The molecule has 1 aromatic heterocycles. The van der Waals surface area contributed by atoms with Crippen molar-refractivity contribution < 1.29 is 13.2 Å². The van der Waals surface area contributed by atoms with E-state index >= 15 is 0 Å². The van der Waals surface area contributed by atoms with Crippen LogP contribution in [0.5, 0.6) is 5.75 Å². The van der Waals surface area contributed by atoms with Crippen LogP contribution in [0.25, 0.3) is 11.0 Å². The van der Waals surface area contributed by atoms with Crippen LogP contribution >= 0.6 is 11.8 Å². The number of benzene rings is 2. The monoisotopic (exact) mass is 405 g/mol. The van der Waals surface area contributed by atoms with Gasteiger partial charge in [-0.25, -0.2) is 18.5 Å². The number of hydrogen-bond donors (Lipinski definition) is 1. The largest absolute Gasteiger partial charge is 0.497 e. The highest BCUT2D eigenvalue weighted by Crippen LogP contribution is 2.37. The lowest BCUT2D eigenvalue weighted by Crippen LogP contribution is -2.11. The summed E-state index contributed by atoms with van der Waals surface area (Å²) < 4.78 is 30.7. The Labute approximate surface area is 163 Å². The zero-order valence-electron chi connectivity index (χ0n) is 15.5. The summed E-state index contributed by atoms with van der Waals surface area (Å²) in [7, 11) is -2.10. The molecule has 0 unspecified atom stereocenters. The van der Waals surface area contributed by atoms with Crippen LogP contribution in [-0.2, 0) is 16.6 Å². The highest BCUT2D eigenvalue weighted by atomic mass is 32.2. The molecular formula is C19H23N3O3S2. The molecule has 27 heavy (non-hydrogen) atoms. The zero-order valence-corrected chi connectivity index (χ0v) is 17.2. The van der Waals surface area contributed by atoms with E-state index in [1.54, 1.807) is 24.9 Å². The molecule has 6 nitrogen and oxygen atoms in total. The van der Waals surface area contributed by atoms with Gasteiger partial charge in [-0.2, -0.15) is 0 Å². The van der Waals surface area contributed by atoms with E-state index in [0.29, 0.717) is 5.52 Å². The molecule has 0 aliphatic rings. The predicted molar refractivity (Wildman–Crippen MR) is 109 cm³/mol. The molecular weight excluding hydrogens is 382 g/mol. The number of ether oxygens (including phenoxy) is 1. The Morgan fingerprint density at radius 2 is 2.04 bits per heavy atom. The molecule has 144 valence electrons. The molecule has 3 aromatic rings. The van der Waals surface area contributed by atoms with Crippen molar-refractivity contribution in [1.29, 1.82) is 0 Å². The van der Waals surface area contributed by atoms with Gasteiger partial charge in [0, 0.05) is 11.8 Å². The summed E-state index contributed by atoms with van der Waals surface area (Å²) in [6.45, 7) is 5.02. The van der Waals surface area contributed by atoms with E-state index in [4.69, 9.17) is 9.88 Å². The minimum atomic E-state index is -3.75. The first kappa shape index (κ1) is 19.7. The summed E-state index contributed by atoms with van der Waals surface area (Å²) in [6.07, 6.45) is 0.948. The summed E-state index contributed by atoms with van der Waals surface area (Å²) >= 11 is 1.64. The van der Waals surface area contributed by atoms with Gasteiger partial charge < -0.3 is 9.30 Å². The fraction of sp³-hybridized carbons (Fsp3) is 0.316. The molecule has 0 aliphatic carbocycles. The van der Waals surface area contributed by atoms with Crippen LogP contribution in [0.15, 0.2) is 52.5 Å². The Bertz CT molecular complexity index is 1060. The van der Waals surface area contributed by atoms with E-state index in [-0.39, 0.29) is 10.1 Å². The van der Waals surface area contributed by atoms with Crippen molar-refractivity contribution in [3.8, 4) is 5.75 Å². The molecule has 0 amide bonds. The Hall–Kier alpha value is -2.03. The molecule has 8 heteroatoms. The van der Waals surface area contributed by atoms with Crippen LogP contribution in [0.2, 0.25) is 0 Å². The highest BCUT2D eigenvalue weighted by molar-refractivity contribution is 7.99. The number of methoxy groups -OCH3 is 1. The second-order valence-corrected chi connectivity index (χ2v) is 9.15. The Kier molecular flexibility index (Phi) is 5.78. The van der Waals surface area contributed by atoms with Crippen LogP contribution in [0.4, 0.5) is 0 Å². The molecule has 0 spiro atoms. The van der Waals surface area contributed by atoms with Gasteiger partial charge in [0.05, 0.1) is 23.0 Å². The highest BCUT2D eigenvalue weighted by Gasteiger charge is 2.18. The number of primary sulfonamides is 1. The van der Waals surface area contributed by atoms with Gasteiger partial charge >= 0.3 is 0 Å². The molecule has 2 N–H and O–H groups in total. The van der Waals surface area contributed by atoms with Crippen LogP contribution in [-0.4, -0.2) is 25.1 Å². The first-order valence-electron chi connectivity index (χ1n) is 8.67. The van der Waals surface area contributed by atoms with Crippen molar-refractivity contribution in [3.05, 3.63) is 48.0 Å². The topological polar surface area (TPSA) is 87.2 Å². The lowest BCUT2D eigenvalue weighted by molar-refractivity contribution is 0.414. The van der Waals surface area contributed by atoms with Crippen LogP contribution < -0.4 is 9.88 Å². The number of hydrogen-bond acceptors (Lipinski definition) is 5. The number of imidazole rings is 1. The van der Waals surface area contributed by atoms with Gasteiger partial charge in [-0.05, 0) is 49.2 Å². The quantitative estimate of drug-likeness (QED) is 0.601. The third kappa shape index (κ3) is 4.28. The number of sulfonamides is 1. The molecule has 2 aromatic carbocycles. The van der Waals surface area contributed by atoms with Crippen molar-refractivity contribution in [1.82, 2.24) is 9.55 Å². The normalized spacial score (nSPS) is 13.0. The second-order valence-electron chi connectivity index (χ2n) is 6.28. The minimum absolute atomic E-state index is 0.0774. The van der Waals surface area contributed by atoms with Gasteiger partial charge in [-0.15, -0.1) is 0 Å². The third-order valence-corrected chi connectivity index (χ3v) is 6.37. The lowest BCUT2D eigenvalue weighted by Gasteiger charge is -2.14. The number of aromatic nitrogens is 2. The van der Waals surface area contributed by atoms with Gasteiger partial charge in [-0.1, -0.05) is 30.8 Å². The van der Waals surface area contributed by atoms with E-state index in [9.17, 15) is 8.42 Å². The summed E-state index contributed by atoms with van der Waals surface area (Å²) in [4.78, 5) is 4.77. The Morgan fingerprint density at radius 3 is 2.70 bits per heavy atom. The first-order chi connectivity index (χ1) is 12.8. The van der Waals surface area contributed by atoms with Crippen molar-refractivity contribution in [3.63, 3.8) is 0 Å². The minimum Gasteiger partial charge on any atom is -0.497 e. The summed E-state index contributed by atoms with van der Waals surface area (Å²) in [5.74, 6) is 0.819. The Balaban J connectivity index is 2.00. The van der Waals surface area contributed by atoms with E-state index in [2.05, 4.69) is 29.5 Å². The number of thioether (sulfide) groups is 1. The SMILES string of the molecule is CCCn1c(S[C@H](C)c2cccc(OC)c2)nc2cc(S(N)(=O)=O)ccc21. The van der Waals surface area contributed by atoms with Crippen LogP contribution in [0.1, 0.15) is 31.1 Å². The molecule has 0 saturated heterocycles. The third-order valence-electron chi connectivity index (χ3n) is 4.31. The molecule has 0 bridgehead atoms. The fourth-order valence-electron chi connectivity index (χ4n) is 2.91. The van der Waals surface area contributed by atoms with E-state index in [1.165, 1.54) is 12.1 Å². The standard InChI is InChI=1S/C19H23N3O3S2/c1-4-10-22-18-9-8-16(27(20,23)24)12-17(18)21-19(22)26-13(2)14-6-5-7-15(11-14)25-3/h5-9,11-13H,4,10H2,1-3H3,(H2,20,23,24)/t13-/m1/s1. The Morgan fingerprint density at radius 1 is 1.26 bits per heavy atom. The number of fused-ring (bicyclic) bond motifs is 1. The smallest absolute Gasteiger partial charge is 0.238 e. The molecule has 1 atom stereocenters. The van der Waals surface area contributed by atoms with Crippen LogP contribution in [0, 0.1) is 0 Å². The van der Waals surface area contributed by atoms with Crippen molar-refractivity contribution in [2.45, 2.75) is 42.1 Å².